The van der Waals surface area contributed by atoms with Gasteiger partial charge >= 0.3 is 0 Å². The van der Waals surface area contributed by atoms with Gasteiger partial charge in [0.1, 0.15) is 0 Å². The minimum Gasteiger partial charge on any atom is -0.355 e. The summed E-state index contributed by atoms with van der Waals surface area (Å²) in [6.07, 6.45) is 0.593. The first-order valence-electron chi connectivity index (χ1n) is 5.35. The van der Waals surface area contributed by atoms with Gasteiger partial charge in [-0.05, 0) is 7.05 Å². The first-order chi connectivity index (χ1) is 7.63. The molecule has 2 N–H and O–H groups in total. The van der Waals surface area contributed by atoms with E-state index in [1.54, 1.807) is 6.92 Å². The van der Waals surface area contributed by atoms with Crippen LogP contribution >= 0.6 is 0 Å². The molecule has 0 saturated carbocycles. The number of carbonyl (C=O) groups excluding carboxylic acids is 1. The first-order valence-corrected chi connectivity index (χ1v) is 5.35. The van der Waals surface area contributed by atoms with Crippen molar-refractivity contribution in [2.24, 2.45) is 5.92 Å². The molecule has 6 heteroatoms. The highest BCUT2D eigenvalue weighted by Gasteiger charge is 2.11. The van der Waals surface area contributed by atoms with E-state index in [1.807, 2.05) is 14.0 Å². The van der Waals surface area contributed by atoms with E-state index in [9.17, 15) is 4.79 Å². The van der Waals surface area contributed by atoms with E-state index in [0.717, 1.165) is 0 Å². The van der Waals surface area contributed by atoms with Gasteiger partial charge in [0.2, 0.25) is 11.8 Å². The van der Waals surface area contributed by atoms with E-state index in [1.165, 1.54) is 0 Å². The van der Waals surface area contributed by atoms with E-state index in [4.69, 9.17) is 4.52 Å². The minimum absolute atomic E-state index is 0.0306. The number of nitrogens with one attached hydrogen (secondary N) is 2. The molecule has 1 amide bonds. The Bertz CT molecular complexity index is 337. The summed E-state index contributed by atoms with van der Waals surface area (Å²) in [7, 11) is 1.83. The Kier molecular flexibility index (Phi) is 4.91. The molecule has 0 aliphatic heterocycles. The summed E-state index contributed by atoms with van der Waals surface area (Å²) >= 11 is 0. The van der Waals surface area contributed by atoms with E-state index in [0.29, 0.717) is 31.2 Å². The van der Waals surface area contributed by atoms with Crippen LogP contribution in [-0.2, 0) is 11.2 Å². The first kappa shape index (κ1) is 12.6. The van der Waals surface area contributed by atoms with Gasteiger partial charge < -0.3 is 15.2 Å². The number of rotatable bonds is 6. The van der Waals surface area contributed by atoms with Gasteiger partial charge in [0.15, 0.2) is 5.82 Å². The van der Waals surface area contributed by atoms with Gasteiger partial charge in [-0.1, -0.05) is 12.1 Å². The number of hydrogen-bond donors (Lipinski definition) is 2. The van der Waals surface area contributed by atoms with E-state index < -0.39 is 0 Å². The van der Waals surface area contributed by atoms with Crippen LogP contribution in [0.15, 0.2) is 4.52 Å². The zero-order chi connectivity index (χ0) is 12.0. The summed E-state index contributed by atoms with van der Waals surface area (Å²) < 4.78 is 4.82. The second-order valence-corrected chi connectivity index (χ2v) is 3.73. The smallest absolute Gasteiger partial charge is 0.224 e. The average Bonchev–Trinajstić information content (AvgIpc) is 2.64. The second-order valence-electron chi connectivity index (χ2n) is 3.73. The van der Waals surface area contributed by atoms with Crippen LogP contribution in [-0.4, -0.2) is 36.2 Å². The maximum absolute atomic E-state index is 11.5. The lowest BCUT2D eigenvalue weighted by Gasteiger charge is -2.10. The largest absolute Gasteiger partial charge is 0.355 e. The molecule has 1 atom stereocenters. The van der Waals surface area contributed by atoms with Crippen LogP contribution in [0.2, 0.25) is 0 Å². The Balaban J connectivity index is 2.22. The van der Waals surface area contributed by atoms with E-state index >= 15 is 0 Å². The molecule has 0 aliphatic rings. The molecular weight excluding hydrogens is 208 g/mol. The van der Waals surface area contributed by atoms with Crippen molar-refractivity contribution in [1.82, 2.24) is 20.8 Å². The molecule has 0 aliphatic carbocycles. The van der Waals surface area contributed by atoms with Crippen molar-refractivity contribution in [1.29, 1.82) is 0 Å². The highest BCUT2D eigenvalue weighted by Crippen LogP contribution is 1.96. The Morgan fingerprint density at radius 2 is 2.31 bits per heavy atom. The fraction of sp³-hybridized carbons (Fsp3) is 0.700. The van der Waals surface area contributed by atoms with Crippen LogP contribution in [0.25, 0.3) is 0 Å². The Morgan fingerprint density at radius 1 is 1.56 bits per heavy atom. The monoisotopic (exact) mass is 226 g/mol. The maximum Gasteiger partial charge on any atom is 0.224 e. The fourth-order valence-corrected chi connectivity index (χ4v) is 1.31. The van der Waals surface area contributed by atoms with Crippen molar-refractivity contribution >= 4 is 5.91 Å². The number of aryl methyl sites for hydroxylation is 1. The quantitative estimate of drug-likeness (QED) is 0.707. The zero-order valence-electron chi connectivity index (χ0n) is 9.91. The lowest BCUT2D eigenvalue weighted by Crippen LogP contribution is -2.35. The van der Waals surface area contributed by atoms with Gasteiger partial charge in [-0.15, -0.1) is 0 Å². The molecule has 1 rings (SSSR count). The molecule has 6 nitrogen and oxygen atoms in total. The predicted molar refractivity (Wildman–Crippen MR) is 58.8 cm³/mol. The molecule has 1 unspecified atom stereocenters. The van der Waals surface area contributed by atoms with Crippen molar-refractivity contribution in [3.8, 4) is 0 Å². The summed E-state index contributed by atoms with van der Waals surface area (Å²) in [5, 5.41) is 9.53. The van der Waals surface area contributed by atoms with Crippen molar-refractivity contribution in [2.75, 3.05) is 20.1 Å². The van der Waals surface area contributed by atoms with Crippen LogP contribution in [0.3, 0.4) is 0 Å². The number of carbonyl (C=O) groups is 1. The number of hydrogen-bond acceptors (Lipinski definition) is 5. The van der Waals surface area contributed by atoms with Crippen molar-refractivity contribution < 1.29 is 9.32 Å². The second kappa shape index (κ2) is 6.22. The maximum atomic E-state index is 11.5. The van der Waals surface area contributed by atoms with Crippen LogP contribution in [0, 0.1) is 12.8 Å². The van der Waals surface area contributed by atoms with Gasteiger partial charge in [-0.25, -0.2) is 0 Å². The third-order valence-electron chi connectivity index (χ3n) is 2.18. The molecular formula is C10H18N4O2. The highest BCUT2D eigenvalue weighted by molar-refractivity contribution is 5.78. The molecule has 1 heterocycles. The Morgan fingerprint density at radius 3 is 2.88 bits per heavy atom. The molecule has 90 valence electrons. The highest BCUT2D eigenvalue weighted by atomic mass is 16.5. The lowest BCUT2D eigenvalue weighted by atomic mass is 10.1. The van der Waals surface area contributed by atoms with Crippen LogP contribution in [0.1, 0.15) is 18.6 Å². The van der Waals surface area contributed by atoms with Gasteiger partial charge in [-0.3, -0.25) is 4.79 Å². The van der Waals surface area contributed by atoms with Crippen LogP contribution in [0.4, 0.5) is 0 Å². The summed E-state index contributed by atoms with van der Waals surface area (Å²) in [6, 6.07) is 0. The third kappa shape index (κ3) is 3.98. The lowest BCUT2D eigenvalue weighted by molar-refractivity contribution is -0.124. The molecule has 1 aromatic rings. The number of aromatic nitrogens is 2. The molecule has 16 heavy (non-hydrogen) atoms. The number of amides is 1. The van der Waals surface area contributed by atoms with Crippen LogP contribution in [0.5, 0.6) is 0 Å². The van der Waals surface area contributed by atoms with Gasteiger partial charge in [0, 0.05) is 32.4 Å². The molecule has 0 fully saturated rings. The standard InChI is InChI=1S/C10H18N4O2/c1-7(6-11-3)10(15)12-5-4-9-13-8(2)16-14-9/h7,11H,4-6H2,1-3H3,(H,12,15). The SMILES string of the molecule is CNCC(C)C(=O)NCCc1noc(C)n1. The normalized spacial score (nSPS) is 12.4. The third-order valence-corrected chi connectivity index (χ3v) is 2.18. The van der Waals surface area contributed by atoms with Crippen molar-refractivity contribution in [3.63, 3.8) is 0 Å². The summed E-state index contributed by atoms with van der Waals surface area (Å²) in [6.45, 7) is 4.83. The Hall–Kier alpha value is -1.43. The predicted octanol–water partition coefficient (Wildman–Crippen LogP) is -0.108. The van der Waals surface area contributed by atoms with Crippen molar-refractivity contribution in [3.05, 3.63) is 11.7 Å². The van der Waals surface area contributed by atoms with Crippen molar-refractivity contribution in [2.45, 2.75) is 20.3 Å². The molecule has 1 aromatic heterocycles. The van der Waals surface area contributed by atoms with Gasteiger partial charge in [-0.2, -0.15) is 4.98 Å². The van der Waals surface area contributed by atoms with E-state index in [2.05, 4.69) is 20.8 Å². The molecule has 0 bridgehead atoms. The molecule has 0 saturated heterocycles. The average molecular weight is 226 g/mol. The molecule has 0 aromatic carbocycles. The topological polar surface area (TPSA) is 80.0 Å². The van der Waals surface area contributed by atoms with Gasteiger partial charge in [0.25, 0.3) is 0 Å². The molecule has 0 spiro atoms. The van der Waals surface area contributed by atoms with E-state index in [-0.39, 0.29) is 11.8 Å². The zero-order valence-corrected chi connectivity index (χ0v) is 9.91. The summed E-state index contributed by atoms with van der Waals surface area (Å²) in [5.74, 6) is 1.18. The summed E-state index contributed by atoms with van der Waals surface area (Å²) in [4.78, 5) is 15.6. The Labute approximate surface area is 94.8 Å². The van der Waals surface area contributed by atoms with Gasteiger partial charge in [0.05, 0.1) is 0 Å². The summed E-state index contributed by atoms with van der Waals surface area (Å²) in [5.41, 5.74) is 0. The fourth-order valence-electron chi connectivity index (χ4n) is 1.31. The molecule has 0 radical (unpaired) electrons. The minimum atomic E-state index is -0.0306. The number of nitrogens with zero attached hydrogens (tertiary/aromatic N) is 2. The van der Waals surface area contributed by atoms with Crippen LogP contribution < -0.4 is 10.6 Å².